The predicted molar refractivity (Wildman–Crippen MR) is 126 cm³/mol. The van der Waals surface area contributed by atoms with E-state index in [1.54, 1.807) is 25.1 Å². The summed E-state index contributed by atoms with van der Waals surface area (Å²) in [5.41, 5.74) is 0. The molecule has 1 fully saturated rings. The van der Waals surface area contributed by atoms with Gasteiger partial charge in [-0.1, -0.05) is 19.1 Å². The van der Waals surface area contributed by atoms with Gasteiger partial charge in [0, 0.05) is 26.2 Å². The molecule has 0 aliphatic carbocycles. The van der Waals surface area contributed by atoms with Crippen molar-refractivity contribution < 1.29 is 22.3 Å². The van der Waals surface area contributed by atoms with E-state index < -0.39 is 18.5 Å². The van der Waals surface area contributed by atoms with Crippen LogP contribution in [-0.2, 0) is 0 Å². The SMILES string of the molecule is CCNC(=NCC(C)Oc1ccccc1F)N1CCC(CN(CC)CC(F)(F)F)C1.I. The van der Waals surface area contributed by atoms with Crippen LogP contribution in [-0.4, -0.2) is 73.9 Å². The summed E-state index contributed by atoms with van der Waals surface area (Å²) in [5.74, 6) is 0.642. The average Bonchev–Trinajstić information content (AvgIpc) is 3.13. The van der Waals surface area contributed by atoms with Gasteiger partial charge in [0.2, 0.25) is 0 Å². The van der Waals surface area contributed by atoms with Crippen molar-refractivity contribution in [2.24, 2.45) is 10.9 Å². The number of hydrogen-bond acceptors (Lipinski definition) is 3. The number of hydrogen-bond donors (Lipinski definition) is 1. The molecule has 2 rings (SSSR count). The second-order valence-electron chi connectivity index (χ2n) is 7.60. The van der Waals surface area contributed by atoms with Gasteiger partial charge < -0.3 is 15.0 Å². The highest BCUT2D eigenvalue weighted by molar-refractivity contribution is 14.0. The van der Waals surface area contributed by atoms with Crippen molar-refractivity contribution in [2.75, 3.05) is 45.8 Å². The minimum atomic E-state index is -4.18. The molecule has 0 amide bonds. The zero-order valence-corrected chi connectivity index (χ0v) is 20.6. The second-order valence-corrected chi connectivity index (χ2v) is 7.60. The minimum absolute atomic E-state index is 0. The highest BCUT2D eigenvalue weighted by Crippen LogP contribution is 2.22. The van der Waals surface area contributed by atoms with Crippen molar-refractivity contribution in [2.45, 2.75) is 39.5 Å². The number of likely N-dealkylation sites (tertiary alicyclic amines) is 1. The Kier molecular flexibility index (Phi) is 11.9. The first-order valence-electron chi connectivity index (χ1n) is 10.4. The van der Waals surface area contributed by atoms with Gasteiger partial charge in [0.1, 0.15) is 6.10 Å². The standard InChI is InChI=1S/C21H32F4N4O.HI/c1-4-26-20(27-12-16(3)30-19-9-7-6-8-18(19)22)29-11-10-17(14-29)13-28(5-2)15-21(23,24)25;/h6-9,16-17H,4-5,10-15H2,1-3H3,(H,26,27);1H. The van der Waals surface area contributed by atoms with Crippen LogP contribution in [0.5, 0.6) is 5.75 Å². The fourth-order valence-corrected chi connectivity index (χ4v) is 3.53. The van der Waals surface area contributed by atoms with Crippen LogP contribution in [0.1, 0.15) is 27.2 Å². The highest BCUT2D eigenvalue weighted by Gasteiger charge is 2.33. The monoisotopic (exact) mass is 560 g/mol. The lowest BCUT2D eigenvalue weighted by Gasteiger charge is -2.26. The molecule has 0 saturated carbocycles. The van der Waals surface area contributed by atoms with Crippen molar-refractivity contribution in [1.82, 2.24) is 15.1 Å². The number of nitrogens with zero attached hydrogens (tertiary/aromatic N) is 3. The van der Waals surface area contributed by atoms with Crippen LogP contribution < -0.4 is 10.1 Å². The van der Waals surface area contributed by atoms with Crippen LogP contribution in [0.4, 0.5) is 17.6 Å². The maximum absolute atomic E-state index is 13.7. The molecule has 0 spiro atoms. The summed E-state index contributed by atoms with van der Waals surface area (Å²) in [5, 5.41) is 3.23. The van der Waals surface area contributed by atoms with E-state index in [-0.39, 0.29) is 41.7 Å². The maximum atomic E-state index is 13.7. The Bertz CT molecular complexity index is 690. The first-order valence-corrected chi connectivity index (χ1v) is 10.4. The van der Waals surface area contributed by atoms with E-state index in [4.69, 9.17) is 4.74 Å². The van der Waals surface area contributed by atoms with Gasteiger partial charge >= 0.3 is 6.18 Å². The Hall–Kier alpha value is -1.30. The van der Waals surface area contributed by atoms with Gasteiger partial charge in [0.15, 0.2) is 17.5 Å². The summed E-state index contributed by atoms with van der Waals surface area (Å²) in [6.45, 7) is 7.86. The summed E-state index contributed by atoms with van der Waals surface area (Å²) < 4.78 is 57.5. The summed E-state index contributed by atoms with van der Waals surface area (Å²) in [6.07, 6.45) is -3.68. The molecule has 1 saturated heterocycles. The fraction of sp³-hybridized carbons (Fsp3) is 0.667. The van der Waals surface area contributed by atoms with Crippen LogP contribution >= 0.6 is 24.0 Å². The van der Waals surface area contributed by atoms with Crippen LogP contribution in [0.25, 0.3) is 0 Å². The molecule has 0 bridgehead atoms. The molecule has 0 radical (unpaired) electrons. The van der Waals surface area contributed by atoms with E-state index in [1.165, 1.54) is 11.0 Å². The molecule has 1 heterocycles. The number of alkyl halides is 3. The second kappa shape index (κ2) is 13.3. The lowest BCUT2D eigenvalue weighted by atomic mass is 10.1. The first-order chi connectivity index (χ1) is 14.2. The molecule has 2 atom stereocenters. The molecule has 1 aromatic carbocycles. The van der Waals surface area contributed by atoms with Gasteiger partial charge in [-0.2, -0.15) is 13.2 Å². The number of nitrogens with one attached hydrogen (secondary N) is 1. The molecule has 10 heteroatoms. The minimum Gasteiger partial charge on any atom is -0.486 e. The number of ether oxygens (including phenoxy) is 1. The number of para-hydroxylation sites is 1. The number of aliphatic imine (C=N–C) groups is 1. The predicted octanol–water partition coefficient (Wildman–Crippen LogP) is 4.38. The smallest absolute Gasteiger partial charge is 0.401 e. The topological polar surface area (TPSA) is 40.1 Å². The van der Waals surface area contributed by atoms with Crippen LogP contribution in [0.2, 0.25) is 0 Å². The van der Waals surface area contributed by atoms with Crippen LogP contribution in [0.15, 0.2) is 29.3 Å². The number of halogens is 5. The van der Waals surface area contributed by atoms with E-state index in [1.807, 2.05) is 13.8 Å². The van der Waals surface area contributed by atoms with Gasteiger partial charge in [0.05, 0.1) is 13.1 Å². The number of benzene rings is 1. The van der Waals surface area contributed by atoms with Crippen molar-refractivity contribution >= 4 is 29.9 Å². The molecule has 1 aliphatic heterocycles. The lowest BCUT2D eigenvalue weighted by Crippen LogP contribution is -2.42. The molecule has 178 valence electrons. The van der Waals surface area contributed by atoms with E-state index in [0.29, 0.717) is 38.7 Å². The van der Waals surface area contributed by atoms with E-state index in [0.717, 1.165) is 13.0 Å². The fourth-order valence-electron chi connectivity index (χ4n) is 3.53. The Balaban J connectivity index is 0.00000480. The van der Waals surface area contributed by atoms with Crippen molar-refractivity contribution in [1.29, 1.82) is 0 Å². The average molecular weight is 560 g/mol. The van der Waals surface area contributed by atoms with Gasteiger partial charge in [0.25, 0.3) is 0 Å². The molecular weight excluding hydrogens is 527 g/mol. The van der Waals surface area contributed by atoms with Gasteiger partial charge in [-0.3, -0.25) is 4.90 Å². The summed E-state index contributed by atoms with van der Waals surface area (Å²) >= 11 is 0. The zero-order chi connectivity index (χ0) is 22.1. The molecule has 1 aromatic rings. The number of guanidine groups is 1. The molecule has 1 aliphatic rings. The third-order valence-corrected chi connectivity index (χ3v) is 4.95. The van der Waals surface area contributed by atoms with Crippen LogP contribution in [0, 0.1) is 11.7 Å². The van der Waals surface area contributed by atoms with Gasteiger partial charge in [-0.15, -0.1) is 24.0 Å². The summed E-state index contributed by atoms with van der Waals surface area (Å²) in [6, 6.07) is 6.23. The third-order valence-electron chi connectivity index (χ3n) is 4.95. The van der Waals surface area contributed by atoms with Crippen LogP contribution in [0.3, 0.4) is 0 Å². The normalized spacial score (nSPS) is 18.1. The molecule has 0 aromatic heterocycles. The Labute approximate surface area is 199 Å². The van der Waals surface area contributed by atoms with E-state index >= 15 is 0 Å². The first kappa shape index (κ1) is 27.7. The third kappa shape index (κ3) is 9.80. The van der Waals surface area contributed by atoms with E-state index in [9.17, 15) is 17.6 Å². The Morgan fingerprint density at radius 1 is 1.32 bits per heavy atom. The molecule has 5 nitrogen and oxygen atoms in total. The lowest BCUT2D eigenvalue weighted by molar-refractivity contribution is -0.146. The quantitative estimate of drug-likeness (QED) is 0.211. The van der Waals surface area contributed by atoms with Gasteiger partial charge in [-0.25, -0.2) is 9.38 Å². The summed E-state index contributed by atoms with van der Waals surface area (Å²) in [7, 11) is 0. The van der Waals surface area contributed by atoms with E-state index in [2.05, 4.69) is 15.2 Å². The highest BCUT2D eigenvalue weighted by atomic mass is 127. The van der Waals surface area contributed by atoms with Crippen molar-refractivity contribution in [3.63, 3.8) is 0 Å². The van der Waals surface area contributed by atoms with Gasteiger partial charge in [-0.05, 0) is 44.9 Å². The maximum Gasteiger partial charge on any atom is 0.401 e. The molecule has 2 unspecified atom stereocenters. The molecule has 1 N–H and O–H groups in total. The van der Waals surface area contributed by atoms with Crippen molar-refractivity contribution in [3.8, 4) is 5.75 Å². The Morgan fingerprint density at radius 3 is 2.65 bits per heavy atom. The largest absolute Gasteiger partial charge is 0.486 e. The number of rotatable bonds is 9. The molecular formula is C21H33F4IN4O. The zero-order valence-electron chi connectivity index (χ0n) is 18.3. The Morgan fingerprint density at radius 2 is 2.03 bits per heavy atom. The molecule has 31 heavy (non-hydrogen) atoms. The summed E-state index contributed by atoms with van der Waals surface area (Å²) in [4.78, 5) is 8.13. The van der Waals surface area contributed by atoms with Crippen molar-refractivity contribution in [3.05, 3.63) is 30.1 Å².